The van der Waals surface area contributed by atoms with Crippen LogP contribution in [-0.4, -0.2) is 26.3 Å². The zero-order chi connectivity index (χ0) is 17.6. The van der Waals surface area contributed by atoms with Crippen LogP contribution in [0.1, 0.15) is 18.3 Å². The van der Waals surface area contributed by atoms with Crippen LogP contribution in [0.25, 0.3) is 10.9 Å². The summed E-state index contributed by atoms with van der Waals surface area (Å²) in [5.41, 5.74) is 8.61. The van der Waals surface area contributed by atoms with Crippen LogP contribution in [0, 0.1) is 6.92 Å². The van der Waals surface area contributed by atoms with Crippen molar-refractivity contribution < 1.29 is 0 Å². The van der Waals surface area contributed by atoms with Gasteiger partial charge in [-0.1, -0.05) is 18.2 Å². The van der Waals surface area contributed by atoms with E-state index < -0.39 is 5.66 Å². The molecule has 1 unspecified atom stereocenters. The molecule has 3 heterocycles. The second-order valence-electron chi connectivity index (χ2n) is 6.58. The topological polar surface area (TPSA) is 96.0 Å². The van der Waals surface area contributed by atoms with Gasteiger partial charge in [-0.2, -0.15) is 5.10 Å². The van der Waals surface area contributed by atoms with E-state index in [-0.39, 0.29) is 0 Å². The van der Waals surface area contributed by atoms with Gasteiger partial charge in [-0.15, -0.1) is 0 Å². The highest BCUT2D eigenvalue weighted by Crippen LogP contribution is 2.22. The third kappa shape index (κ3) is 2.89. The van der Waals surface area contributed by atoms with E-state index in [9.17, 15) is 0 Å². The highest BCUT2D eigenvalue weighted by Gasteiger charge is 2.25. The Kier molecular flexibility index (Phi) is 3.40. The van der Waals surface area contributed by atoms with Gasteiger partial charge >= 0.3 is 0 Å². The zero-order valence-corrected chi connectivity index (χ0v) is 14.5. The van der Waals surface area contributed by atoms with Crippen molar-refractivity contribution in [3.05, 3.63) is 59.7 Å². The minimum absolute atomic E-state index is 0.723. The van der Waals surface area contributed by atoms with E-state index >= 15 is 0 Å². The lowest BCUT2D eigenvalue weighted by Gasteiger charge is -2.27. The molecule has 7 heteroatoms. The number of amidine groups is 1. The first-order valence-corrected chi connectivity index (χ1v) is 8.14. The number of nitrogens with zero attached hydrogens (tertiary/aromatic N) is 3. The minimum atomic E-state index is -0.815. The van der Waals surface area contributed by atoms with Gasteiger partial charge in [0.15, 0.2) is 11.7 Å². The lowest BCUT2D eigenvalue weighted by Crippen LogP contribution is -2.43. The van der Waals surface area contributed by atoms with Crippen LogP contribution in [0.2, 0.25) is 0 Å². The summed E-state index contributed by atoms with van der Waals surface area (Å²) in [6, 6.07) is 12.3. The molecule has 25 heavy (non-hydrogen) atoms. The predicted octanol–water partition coefficient (Wildman–Crippen LogP) is 2.19. The maximum Gasteiger partial charge on any atom is 0.153 e. The van der Waals surface area contributed by atoms with Crippen LogP contribution >= 0.6 is 0 Å². The average molecular weight is 335 g/mol. The van der Waals surface area contributed by atoms with Crippen molar-refractivity contribution in [2.24, 2.45) is 17.8 Å². The molecule has 4 rings (SSSR count). The molecule has 3 aromatic rings. The summed E-state index contributed by atoms with van der Waals surface area (Å²) in [7, 11) is 2.03. The summed E-state index contributed by atoms with van der Waals surface area (Å²) in [5, 5.41) is 14.9. The van der Waals surface area contributed by atoms with E-state index in [1.807, 2.05) is 45.2 Å². The molecule has 1 atom stereocenters. The van der Waals surface area contributed by atoms with Crippen molar-refractivity contribution in [2.75, 3.05) is 5.32 Å². The van der Waals surface area contributed by atoms with Gasteiger partial charge in [0, 0.05) is 29.7 Å². The number of hydrogen-bond donors (Lipinski definition) is 4. The number of hydrogen-bond acceptors (Lipinski definition) is 5. The number of nitrogens with two attached hydrogens (primary N) is 1. The van der Waals surface area contributed by atoms with Gasteiger partial charge in [0.05, 0.1) is 5.69 Å². The largest absolute Gasteiger partial charge is 0.341 e. The summed E-state index contributed by atoms with van der Waals surface area (Å²) in [6.07, 6.45) is 1.85. The molecule has 128 valence electrons. The molecular formula is C18H21N7. The van der Waals surface area contributed by atoms with Gasteiger partial charge in [0.25, 0.3) is 0 Å². The molecule has 0 bridgehead atoms. The number of aromatic amines is 1. The maximum absolute atomic E-state index is 6.32. The van der Waals surface area contributed by atoms with Crippen molar-refractivity contribution >= 4 is 22.6 Å². The fraction of sp³-hybridized carbons (Fsp3) is 0.222. The van der Waals surface area contributed by atoms with Crippen molar-refractivity contribution in [1.29, 1.82) is 0 Å². The second-order valence-corrected chi connectivity index (χ2v) is 6.58. The van der Waals surface area contributed by atoms with Crippen molar-refractivity contribution in [1.82, 2.24) is 20.1 Å². The van der Waals surface area contributed by atoms with E-state index in [1.54, 1.807) is 0 Å². The summed E-state index contributed by atoms with van der Waals surface area (Å²) in [4.78, 5) is 4.66. The van der Waals surface area contributed by atoms with Gasteiger partial charge in [-0.05, 0) is 32.1 Å². The summed E-state index contributed by atoms with van der Waals surface area (Å²) in [6.45, 7) is 3.82. The Balaban J connectivity index is 1.70. The van der Waals surface area contributed by atoms with E-state index in [2.05, 4.69) is 48.6 Å². The molecular weight excluding hydrogens is 314 g/mol. The van der Waals surface area contributed by atoms with Gasteiger partial charge in [0.2, 0.25) is 0 Å². The number of aromatic nitrogens is 3. The number of anilines is 1. The number of H-pyrrole nitrogens is 1. The average Bonchev–Trinajstić information content (AvgIpc) is 3.10. The molecule has 7 nitrogen and oxygen atoms in total. The molecule has 0 aliphatic carbocycles. The number of aliphatic imine (C=N–C) groups is 1. The van der Waals surface area contributed by atoms with Crippen LogP contribution in [0.4, 0.5) is 5.82 Å². The molecule has 5 N–H and O–H groups in total. The first kappa shape index (κ1) is 15.5. The molecule has 1 aromatic carbocycles. The van der Waals surface area contributed by atoms with Gasteiger partial charge in [-0.3, -0.25) is 5.10 Å². The van der Waals surface area contributed by atoms with E-state index in [1.165, 1.54) is 0 Å². The van der Waals surface area contributed by atoms with Gasteiger partial charge in [-0.25, -0.2) is 4.99 Å². The first-order chi connectivity index (χ1) is 11.9. The Morgan fingerprint density at radius 2 is 2.04 bits per heavy atom. The van der Waals surface area contributed by atoms with Crippen LogP contribution in [0.5, 0.6) is 0 Å². The van der Waals surface area contributed by atoms with E-state index in [0.717, 1.165) is 39.8 Å². The molecule has 0 spiro atoms. The summed E-state index contributed by atoms with van der Waals surface area (Å²) < 4.78 is 2.11. The quantitative estimate of drug-likeness (QED) is 0.590. The predicted molar refractivity (Wildman–Crippen MR) is 100 cm³/mol. The van der Waals surface area contributed by atoms with Crippen LogP contribution in [0.15, 0.2) is 53.3 Å². The molecule has 2 aromatic heterocycles. The smallest absolute Gasteiger partial charge is 0.153 e. The molecule has 0 radical (unpaired) electrons. The number of fused-ring (bicyclic) bond motifs is 1. The van der Waals surface area contributed by atoms with E-state index in [0.29, 0.717) is 0 Å². The van der Waals surface area contributed by atoms with Crippen LogP contribution in [-0.2, 0) is 7.05 Å². The Morgan fingerprint density at radius 3 is 2.76 bits per heavy atom. The number of rotatable bonds is 3. The van der Waals surface area contributed by atoms with Crippen molar-refractivity contribution in [3.8, 4) is 0 Å². The Morgan fingerprint density at radius 1 is 1.24 bits per heavy atom. The highest BCUT2D eigenvalue weighted by atomic mass is 15.3. The Bertz CT molecular complexity index is 1000. The maximum atomic E-state index is 6.32. The molecule has 1 aliphatic rings. The van der Waals surface area contributed by atoms with Crippen LogP contribution in [0.3, 0.4) is 0 Å². The van der Waals surface area contributed by atoms with Crippen molar-refractivity contribution in [3.63, 3.8) is 0 Å². The number of nitrogens with one attached hydrogen (secondary N) is 3. The number of benzene rings is 1. The second kappa shape index (κ2) is 5.49. The fourth-order valence-corrected chi connectivity index (χ4v) is 3.08. The van der Waals surface area contributed by atoms with Crippen LogP contribution < -0.4 is 16.4 Å². The number of aryl methyl sites for hydroxylation is 2. The SMILES string of the molecule is Cc1cc(NC2=CC(C)(N)N=C(c3cc4ccccc4n3C)N2)n[nH]1. The molecule has 0 fully saturated rings. The fourth-order valence-electron chi connectivity index (χ4n) is 3.08. The van der Waals surface area contributed by atoms with Crippen molar-refractivity contribution in [2.45, 2.75) is 19.5 Å². The molecule has 0 saturated heterocycles. The minimum Gasteiger partial charge on any atom is -0.341 e. The lowest BCUT2D eigenvalue weighted by atomic mass is 10.1. The first-order valence-electron chi connectivity index (χ1n) is 8.14. The normalized spacial score (nSPS) is 20.2. The zero-order valence-electron chi connectivity index (χ0n) is 14.5. The highest BCUT2D eigenvalue weighted by molar-refractivity contribution is 6.03. The third-order valence-electron chi connectivity index (χ3n) is 4.21. The lowest BCUT2D eigenvalue weighted by molar-refractivity contribution is 0.598. The van der Waals surface area contributed by atoms with Gasteiger partial charge < -0.3 is 20.9 Å². The third-order valence-corrected chi connectivity index (χ3v) is 4.21. The molecule has 1 aliphatic heterocycles. The van der Waals surface area contributed by atoms with Gasteiger partial charge in [0.1, 0.15) is 11.5 Å². The molecule has 0 saturated carbocycles. The number of para-hydroxylation sites is 1. The van der Waals surface area contributed by atoms with E-state index in [4.69, 9.17) is 5.73 Å². The summed E-state index contributed by atoms with van der Waals surface area (Å²) >= 11 is 0. The Labute approximate surface area is 145 Å². The Hall–Kier alpha value is -3.06. The monoisotopic (exact) mass is 335 g/mol. The molecule has 0 amide bonds. The standard InChI is InChI=1S/C18H21N7/c1-11-8-15(24-23-11)20-16-10-18(2,19)22-17(21-16)14-9-12-6-4-5-7-13(12)25(14)3/h4-10H,19H2,1-3H3,(H,21,22)(H2,20,23,24). The summed E-state index contributed by atoms with van der Waals surface area (Å²) in [5.74, 6) is 2.21.